The number of pyridine rings is 1. The van der Waals surface area contributed by atoms with Crippen molar-refractivity contribution in [2.75, 3.05) is 26.9 Å². The first-order chi connectivity index (χ1) is 11.5. The second-order valence-corrected chi connectivity index (χ2v) is 6.42. The minimum absolute atomic E-state index is 0.128. The summed E-state index contributed by atoms with van der Waals surface area (Å²) in [7, 11) is 5.61. The van der Waals surface area contributed by atoms with Crippen LogP contribution in [0.3, 0.4) is 0 Å². The monoisotopic (exact) mass is 344 g/mol. The van der Waals surface area contributed by atoms with E-state index in [9.17, 15) is 4.39 Å². The van der Waals surface area contributed by atoms with Crippen LogP contribution < -0.4 is 10.5 Å². The third-order valence-electron chi connectivity index (χ3n) is 3.41. The highest BCUT2D eigenvalue weighted by Gasteiger charge is 2.15. The maximum absolute atomic E-state index is 14.0. The molecule has 3 rings (SSSR count). The number of nitrogens with two attached hydrogens (primary N) is 1. The summed E-state index contributed by atoms with van der Waals surface area (Å²) in [6.45, 7) is 0. The molecule has 0 atom stereocenters. The Balaban J connectivity index is 2.04. The lowest BCUT2D eigenvalue weighted by Gasteiger charge is -2.12. The molecule has 7 heteroatoms. The number of nitrogens with zero attached hydrogens (tertiary/aromatic N) is 3. The van der Waals surface area contributed by atoms with Gasteiger partial charge in [-0.2, -0.15) is 0 Å². The molecule has 2 aromatic heterocycles. The normalized spacial score (nSPS) is 11.8. The first-order valence-electron chi connectivity index (χ1n) is 7.25. The van der Waals surface area contributed by atoms with Gasteiger partial charge < -0.3 is 15.4 Å². The Labute approximate surface area is 143 Å². The zero-order valence-corrected chi connectivity index (χ0v) is 14.4. The number of aromatic nitrogens is 1. The van der Waals surface area contributed by atoms with Gasteiger partial charge in [0.05, 0.1) is 15.1 Å². The molecule has 2 heterocycles. The van der Waals surface area contributed by atoms with Crippen LogP contribution in [0.15, 0.2) is 41.5 Å². The molecule has 0 aliphatic heterocycles. The van der Waals surface area contributed by atoms with Gasteiger partial charge in [0.25, 0.3) is 0 Å². The average molecular weight is 344 g/mol. The molecular weight excluding hydrogens is 327 g/mol. The van der Waals surface area contributed by atoms with E-state index < -0.39 is 5.82 Å². The highest BCUT2D eigenvalue weighted by Crippen LogP contribution is 2.36. The van der Waals surface area contributed by atoms with Crippen LogP contribution in [0.2, 0.25) is 0 Å². The van der Waals surface area contributed by atoms with E-state index in [-0.39, 0.29) is 5.75 Å². The van der Waals surface area contributed by atoms with Crippen molar-refractivity contribution in [3.63, 3.8) is 0 Å². The van der Waals surface area contributed by atoms with Crippen LogP contribution in [0.25, 0.3) is 10.2 Å². The van der Waals surface area contributed by atoms with Gasteiger partial charge >= 0.3 is 0 Å². The summed E-state index contributed by atoms with van der Waals surface area (Å²) in [5.74, 6) is 1.03. The smallest absolute Gasteiger partial charge is 0.167 e. The molecule has 2 N–H and O–H groups in total. The van der Waals surface area contributed by atoms with Crippen LogP contribution in [-0.4, -0.2) is 36.9 Å². The number of rotatable bonds is 3. The Morgan fingerprint density at radius 2 is 2.04 bits per heavy atom. The molecule has 1 aromatic carbocycles. The fourth-order valence-corrected chi connectivity index (χ4v) is 3.54. The SMILES string of the molecule is CN=C(c1cc2nccc(Oc3ccc(N)cc3F)c2s1)N(C)C. The summed E-state index contributed by atoms with van der Waals surface area (Å²) in [4.78, 5) is 11.6. The molecule has 24 heavy (non-hydrogen) atoms. The number of aliphatic imine (C=N–C) groups is 1. The van der Waals surface area contributed by atoms with Crippen LogP contribution in [0.5, 0.6) is 11.5 Å². The third-order valence-corrected chi connectivity index (χ3v) is 4.54. The van der Waals surface area contributed by atoms with Crippen LogP contribution in [0, 0.1) is 5.82 Å². The Morgan fingerprint density at radius 1 is 1.25 bits per heavy atom. The fourth-order valence-electron chi connectivity index (χ4n) is 2.35. The number of fused-ring (bicyclic) bond motifs is 1. The Morgan fingerprint density at radius 3 is 2.71 bits per heavy atom. The molecule has 0 bridgehead atoms. The molecule has 0 fully saturated rings. The summed E-state index contributed by atoms with van der Waals surface area (Å²) in [6.07, 6.45) is 1.64. The van der Waals surface area contributed by atoms with E-state index in [0.29, 0.717) is 11.4 Å². The maximum Gasteiger partial charge on any atom is 0.167 e. The number of halogens is 1. The first kappa shape index (κ1) is 16.2. The van der Waals surface area contributed by atoms with Crippen molar-refractivity contribution in [2.24, 2.45) is 4.99 Å². The van der Waals surface area contributed by atoms with Crippen LogP contribution >= 0.6 is 11.3 Å². The predicted molar refractivity (Wildman–Crippen MR) is 96.7 cm³/mol. The summed E-state index contributed by atoms with van der Waals surface area (Å²) >= 11 is 1.51. The first-order valence-corrected chi connectivity index (χ1v) is 8.07. The topological polar surface area (TPSA) is 63.7 Å². The molecule has 0 spiro atoms. The number of hydrogen-bond acceptors (Lipinski definition) is 5. The molecule has 0 saturated heterocycles. The number of anilines is 1. The van der Waals surface area contributed by atoms with Crippen molar-refractivity contribution < 1.29 is 9.13 Å². The molecule has 0 unspecified atom stereocenters. The van der Waals surface area contributed by atoms with Crippen molar-refractivity contribution in [1.82, 2.24) is 9.88 Å². The van der Waals surface area contributed by atoms with E-state index in [1.54, 1.807) is 25.4 Å². The second-order valence-electron chi connectivity index (χ2n) is 5.37. The van der Waals surface area contributed by atoms with Gasteiger partial charge in [-0.15, -0.1) is 11.3 Å². The van der Waals surface area contributed by atoms with Gasteiger partial charge in [-0.1, -0.05) is 0 Å². The Hall–Kier alpha value is -2.67. The lowest BCUT2D eigenvalue weighted by Crippen LogP contribution is -2.21. The summed E-state index contributed by atoms with van der Waals surface area (Å²) in [5.41, 5.74) is 6.71. The fraction of sp³-hybridized carbons (Fsp3) is 0.176. The molecule has 0 amide bonds. The Kier molecular flexibility index (Phi) is 4.35. The van der Waals surface area contributed by atoms with E-state index in [1.165, 1.54) is 23.5 Å². The summed E-state index contributed by atoms with van der Waals surface area (Å²) < 4.78 is 20.6. The van der Waals surface area contributed by atoms with Crippen molar-refractivity contribution in [3.05, 3.63) is 47.2 Å². The van der Waals surface area contributed by atoms with Gasteiger partial charge in [0, 0.05) is 45.2 Å². The van der Waals surface area contributed by atoms with E-state index in [1.807, 2.05) is 25.1 Å². The zero-order chi connectivity index (χ0) is 17.3. The van der Waals surface area contributed by atoms with Gasteiger partial charge in [-0.05, 0) is 18.2 Å². The summed E-state index contributed by atoms with van der Waals surface area (Å²) in [6, 6.07) is 8.03. The van der Waals surface area contributed by atoms with E-state index in [4.69, 9.17) is 10.5 Å². The molecule has 0 aliphatic rings. The highest BCUT2D eigenvalue weighted by molar-refractivity contribution is 7.21. The summed E-state index contributed by atoms with van der Waals surface area (Å²) in [5, 5.41) is 0. The van der Waals surface area contributed by atoms with Gasteiger partial charge in [-0.25, -0.2) is 4.39 Å². The van der Waals surface area contributed by atoms with Gasteiger partial charge in [0.2, 0.25) is 0 Å². The maximum atomic E-state index is 14.0. The van der Waals surface area contributed by atoms with E-state index in [0.717, 1.165) is 20.9 Å². The molecule has 3 aromatic rings. The predicted octanol–water partition coefficient (Wildman–Crippen LogP) is 3.75. The van der Waals surface area contributed by atoms with Crippen molar-refractivity contribution in [3.8, 4) is 11.5 Å². The molecule has 0 aliphatic carbocycles. The average Bonchev–Trinajstić information content (AvgIpc) is 2.95. The van der Waals surface area contributed by atoms with Crippen LogP contribution in [-0.2, 0) is 0 Å². The van der Waals surface area contributed by atoms with E-state index >= 15 is 0 Å². The lowest BCUT2D eigenvalue weighted by atomic mass is 10.3. The van der Waals surface area contributed by atoms with Crippen molar-refractivity contribution in [1.29, 1.82) is 0 Å². The number of hydrogen-bond donors (Lipinski definition) is 1. The third kappa shape index (κ3) is 3.03. The van der Waals surface area contributed by atoms with Crippen LogP contribution in [0.1, 0.15) is 4.88 Å². The number of ether oxygens (including phenoxy) is 1. The molecule has 5 nitrogen and oxygen atoms in total. The van der Waals surface area contributed by atoms with Gasteiger partial charge in [0.15, 0.2) is 11.6 Å². The van der Waals surface area contributed by atoms with Crippen molar-refractivity contribution >= 4 is 33.1 Å². The molecular formula is C17H17FN4OS. The molecule has 0 radical (unpaired) electrons. The lowest BCUT2D eigenvalue weighted by molar-refractivity contribution is 0.447. The Bertz CT molecular complexity index is 920. The highest BCUT2D eigenvalue weighted by atomic mass is 32.1. The number of thiophene rings is 1. The van der Waals surface area contributed by atoms with Crippen molar-refractivity contribution in [2.45, 2.75) is 0 Å². The quantitative estimate of drug-likeness (QED) is 0.446. The minimum atomic E-state index is -0.499. The minimum Gasteiger partial charge on any atom is -0.453 e. The molecule has 0 saturated carbocycles. The second kappa shape index (κ2) is 6.45. The number of benzene rings is 1. The number of nitrogen functional groups attached to an aromatic ring is 1. The zero-order valence-electron chi connectivity index (χ0n) is 13.6. The number of amidine groups is 1. The van der Waals surface area contributed by atoms with Gasteiger partial charge in [-0.3, -0.25) is 9.98 Å². The van der Waals surface area contributed by atoms with Crippen LogP contribution in [0.4, 0.5) is 10.1 Å². The molecule has 124 valence electrons. The van der Waals surface area contributed by atoms with E-state index in [2.05, 4.69) is 9.98 Å². The standard InChI is InChI=1S/C17H17FN4OS/c1-20-17(22(2)3)15-9-12-16(24-15)14(6-7-21-12)23-13-5-4-10(19)8-11(13)18/h4-9H,19H2,1-3H3. The largest absolute Gasteiger partial charge is 0.453 e. The van der Waals surface area contributed by atoms with Gasteiger partial charge in [0.1, 0.15) is 11.6 Å².